The first-order valence-electron chi connectivity index (χ1n) is 7.61. The van der Waals surface area contributed by atoms with Crippen molar-refractivity contribution in [2.45, 2.75) is 19.4 Å². The maximum Gasteiger partial charge on any atom is 0.191 e. The summed E-state index contributed by atoms with van der Waals surface area (Å²) in [5.74, 6) is -0.311. The van der Waals surface area contributed by atoms with Crippen LogP contribution in [0.3, 0.4) is 0 Å². The second-order valence-corrected chi connectivity index (χ2v) is 5.18. The maximum atomic E-state index is 13.6. The molecule has 0 fully saturated rings. The van der Waals surface area contributed by atoms with Crippen molar-refractivity contribution in [2.24, 2.45) is 4.99 Å². The van der Waals surface area contributed by atoms with Gasteiger partial charge in [0.05, 0.1) is 0 Å². The predicted molar refractivity (Wildman–Crippen MR) is 89.3 cm³/mol. The van der Waals surface area contributed by atoms with Crippen LogP contribution in [0, 0.1) is 11.6 Å². The van der Waals surface area contributed by atoms with Gasteiger partial charge in [-0.3, -0.25) is 4.99 Å². The first kappa shape index (κ1) is 16.9. The molecule has 0 spiro atoms. The molecule has 0 aliphatic carbocycles. The van der Waals surface area contributed by atoms with Crippen LogP contribution in [0.1, 0.15) is 17.5 Å². The summed E-state index contributed by atoms with van der Waals surface area (Å²) in [4.78, 5) is 4.08. The minimum absolute atomic E-state index is 0.182. The van der Waals surface area contributed by atoms with Crippen molar-refractivity contribution in [1.82, 2.24) is 10.6 Å². The fourth-order valence-electron chi connectivity index (χ4n) is 2.22. The Balaban J connectivity index is 1.74. The van der Waals surface area contributed by atoms with Gasteiger partial charge >= 0.3 is 0 Å². The van der Waals surface area contributed by atoms with Crippen LogP contribution in [0.5, 0.6) is 0 Å². The zero-order valence-electron chi connectivity index (χ0n) is 13.2. The van der Waals surface area contributed by atoms with E-state index in [1.165, 1.54) is 11.6 Å². The molecule has 0 saturated heterocycles. The lowest BCUT2D eigenvalue weighted by atomic mass is 10.1. The molecule has 0 atom stereocenters. The lowest BCUT2D eigenvalue weighted by molar-refractivity contribution is 0.581. The number of benzene rings is 2. The molecule has 5 heteroatoms. The molecule has 2 rings (SSSR count). The minimum atomic E-state index is -0.450. The quantitative estimate of drug-likeness (QED) is 0.487. The van der Waals surface area contributed by atoms with Gasteiger partial charge in [-0.2, -0.15) is 0 Å². The molecule has 0 amide bonds. The summed E-state index contributed by atoms with van der Waals surface area (Å²) in [5.41, 5.74) is 1.57. The van der Waals surface area contributed by atoms with Gasteiger partial charge in [-0.1, -0.05) is 30.3 Å². The first-order valence-corrected chi connectivity index (χ1v) is 7.61. The Morgan fingerprint density at radius 2 is 1.83 bits per heavy atom. The van der Waals surface area contributed by atoms with Gasteiger partial charge in [-0.15, -0.1) is 0 Å². The van der Waals surface area contributed by atoms with Crippen molar-refractivity contribution in [3.8, 4) is 0 Å². The van der Waals surface area contributed by atoms with Gasteiger partial charge in [0.25, 0.3) is 0 Å². The van der Waals surface area contributed by atoms with Crippen LogP contribution in [-0.2, 0) is 13.0 Å². The third-order valence-corrected chi connectivity index (χ3v) is 3.46. The zero-order chi connectivity index (χ0) is 16.5. The minimum Gasteiger partial charge on any atom is -0.356 e. The Morgan fingerprint density at radius 3 is 2.57 bits per heavy atom. The molecule has 0 aliphatic heterocycles. The van der Waals surface area contributed by atoms with Crippen molar-refractivity contribution >= 4 is 5.96 Å². The predicted octanol–water partition coefficient (Wildman–Crippen LogP) is 3.26. The molecule has 2 aromatic carbocycles. The van der Waals surface area contributed by atoms with Gasteiger partial charge in [0.15, 0.2) is 5.96 Å². The van der Waals surface area contributed by atoms with E-state index in [2.05, 4.69) is 27.8 Å². The Morgan fingerprint density at radius 1 is 1.04 bits per heavy atom. The smallest absolute Gasteiger partial charge is 0.191 e. The molecule has 0 bridgehead atoms. The Hall–Kier alpha value is -2.43. The number of halogens is 2. The van der Waals surface area contributed by atoms with E-state index in [1.807, 2.05) is 18.2 Å². The van der Waals surface area contributed by atoms with Gasteiger partial charge in [0.2, 0.25) is 0 Å². The number of hydrogen-bond acceptors (Lipinski definition) is 1. The molecule has 23 heavy (non-hydrogen) atoms. The molecular formula is C18H21F2N3. The highest BCUT2D eigenvalue weighted by atomic mass is 19.1. The highest BCUT2D eigenvalue weighted by Crippen LogP contribution is 2.09. The molecule has 2 N–H and O–H groups in total. The van der Waals surface area contributed by atoms with Crippen LogP contribution in [0.15, 0.2) is 53.5 Å². The molecular weight excluding hydrogens is 296 g/mol. The lowest BCUT2D eigenvalue weighted by Gasteiger charge is -2.12. The third-order valence-electron chi connectivity index (χ3n) is 3.46. The van der Waals surface area contributed by atoms with E-state index in [-0.39, 0.29) is 12.1 Å². The number of nitrogens with one attached hydrogen (secondary N) is 2. The van der Waals surface area contributed by atoms with E-state index in [0.717, 1.165) is 31.5 Å². The van der Waals surface area contributed by atoms with Crippen LogP contribution < -0.4 is 10.6 Å². The summed E-state index contributed by atoms with van der Waals surface area (Å²) < 4.78 is 26.7. The standard InChI is InChI=1S/C18H21F2N3/c1-21-18(22-11-5-8-14-6-3-2-4-7-14)23-13-15-12-16(19)9-10-17(15)20/h2-4,6-7,9-10,12H,5,8,11,13H2,1H3,(H2,21,22,23). The lowest BCUT2D eigenvalue weighted by Crippen LogP contribution is -2.37. The van der Waals surface area contributed by atoms with Crippen LogP contribution in [0.25, 0.3) is 0 Å². The fourth-order valence-corrected chi connectivity index (χ4v) is 2.22. The van der Waals surface area contributed by atoms with Crippen molar-refractivity contribution in [1.29, 1.82) is 0 Å². The molecule has 0 unspecified atom stereocenters. The number of rotatable bonds is 6. The first-order chi connectivity index (χ1) is 11.2. The molecule has 3 nitrogen and oxygen atoms in total. The average molecular weight is 317 g/mol. The number of aliphatic imine (C=N–C) groups is 1. The summed E-state index contributed by atoms with van der Waals surface area (Å²) >= 11 is 0. The van der Waals surface area contributed by atoms with Crippen LogP contribution in [-0.4, -0.2) is 19.6 Å². The van der Waals surface area contributed by atoms with Gasteiger partial charge in [0, 0.05) is 25.7 Å². The van der Waals surface area contributed by atoms with Gasteiger partial charge in [-0.05, 0) is 36.6 Å². The van der Waals surface area contributed by atoms with E-state index in [4.69, 9.17) is 0 Å². The normalized spacial score (nSPS) is 11.3. The fraction of sp³-hybridized carbons (Fsp3) is 0.278. The largest absolute Gasteiger partial charge is 0.356 e. The summed E-state index contributed by atoms with van der Waals surface area (Å²) in [6.45, 7) is 0.933. The maximum absolute atomic E-state index is 13.6. The number of aryl methyl sites for hydroxylation is 1. The monoisotopic (exact) mass is 317 g/mol. The summed E-state index contributed by atoms with van der Waals surface area (Å²) in [5, 5.41) is 6.15. The van der Waals surface area contributed by atoms with Gasteiger partial charge < -0.3 is 10.6 Å². The zero-order valence-corrected chi connectivity index (χ0v) is 13.2. The molecule has 0 heterocycles. The topological polar surface area (TPSA) is 36.4 Å². The van der Waals surface area contributed by atoms with Crippen molar-refractivity contribution < 1.29 is 8.78 Å². The SMILES string of the molecule is CN=C(NCCCc1ccccc1)NCc1cc(F)ccc1F. The number of nitrogens with zero attached hydrogens (tertiary/aromatic N) is 1. The van der Waals surface area contributed by atoms with E-state index < -0.39 is 11.6 Å². The van der Waals surface area contributed by atoms with Crippen LogP contribution in [0.2, 0.25) is 0 Å². The van der Waals surface area contributed by atoms with Crippen LogP contribution >= 0.6 is 0 Å². The Labute approximate surface area is 135 Å². The third kappa shape index (κ3) is 5.70. The van der Waals surface area contributed by atoms with E-state index in [9.17, 15) is 8.78 Å². The van der Waals surface area contributed by atoms with Crippen molar-refractivity contribution in [3.05, 3.63) is 71.3 Å². The molecule has 0 radical (unpaired) electrons. The number of hydrogen-bond donors (Lipinski definition) is 2. The highest BCUT2D eigenvalue weighted by molar-refractivity contribution is 5.79. The summed E-state index contributed by atoms with van der Waals surface area (Å²) in [6, 6.07) is 13.7. The Bertz CT molecular complexity index is 642. The second-order valence-electron chi connectivity index (χ2n) is 5.18. The van der Waals surface area contributed by atoms with Crippen molar-refractivity contribution in [3.63, 3.8) is 0 Å². The van der Waals surface area contributed by atoms with Gasteiger partial charge in [-0.25, -0.2) is 8.78 Å². The number of guanidine groups is 1. The molecule has 0 saturated carbocycles. The summed E-state index contributed by atoms with van der Waals surface area (Å²) in [7, 11) is 1.65. The second kappa shape index (κ2) is 8.88. The van der Waals surface area contributed by atoms with E-state index in [0.29, 0.717) is 5.96 Å². The van der Waals surface area contributed by atoms with Crippen LogP contribution in [0.4, 0.5) is 8.78 Å². The molecule has 0 aliphatic rings. The Kier molecular flexibility index (Phi) is 6.54. The van der Waals surface area contributed by atoms with Gasteiger partial charge in [0.1, 0.15) is 11.6 Å². The van der Waals surface area contributed by atoms with E-state index in [1.54, 1.807) is 7.05 Å². The van der Waals surface area contributed by atoms with Crippen molar-refractivity contribution in [2.75, 3.05) is 13.6 Å². The highest BCUT2D eigenvalue weighted by Gasteiger charge is 2.05. The summed E-state index contributed by atoms with van der Waals surface area (Å²) in [6.07, 6.45) is 1.93. The molecule has 0 aromatic heterocycles. The molecule has 122 valence electrons. The van der Waals surface area contributed by atoms with E-state index >= 15 is 0 Å². The average Bonchev–Trinajstić information content (AvgIpc) is 2.58. The molecule has 2 aromatic rings.